The van der Waals surface area contributed by atoms with E-state index in [-0.39, 0.29) is 11.3 Å². The Morgan fingerprint density at radius 3 is 2.12 bits per heavy atom. The summed E-state index contributed by atoms with van der Waals surface area (Å²) >= 11 is 0. The average molecular weight is 459 g/mol. The lowest BCUT2D eigenvalue weighted by atomic mass is 10.0. The second kappa shape index (κ2) is 9.31. The van der Waals surface area contributed by atoms with E-state index in [0.717, 1.165) is 11.1 Å². The van der Waals surface area contributed by atoms with Crippen molar-refractivity contribution in [2.24, 2.45) is 0 Å². The Labute approximate surface area is 198 Å². The van der Waals surface area contributed by atoms with Crippen molar-refractivity contribution < 1.29 is 23.8 Å². The number of hydrogen-bond acceptors (Lipinski definition) is 6. The summed E-state index contributed by atoms with van der Waals surface area (Å²) in [5.74, 6) is 0.664. The fraction of sp³-hybridized carbons (Fsp3) is 0.185. The lowest BCUT2D eigenvalue weighted by Gasteiger charge is -2.18. The van der Waals surface area contributed by atoms with Gasteiger partial charge in [-0.05, 0) is 43.7 Å². The molecule has 1 heterocycles. The molecule has 4 rings (SSSR count). The second-order valence-electron chi connectivity index (χ2n) is 7.88. The van der Waals surface area contributed by atoms with Gasteiger partial charge in [0.2, 0.25) is 0 Å². The highest BCUT2D eigenvalue weighted by atomic mass is 16.5. The largest absolute Gasteiger partial charge is 0.496 e. The first kappa shape index (κ1) is 22.9. The molecule has 0 aliphatic carbocycles. The van der Waals surface area contributed by atoms with Gasteiger partial charge in [-0.2, -0.15) is 0 Å². The lowest BCUT2D eigenvalue weighted by Crippen LogP contribution is -2.33. The molecule has 0 unspecified atom stereocenters. The van der Waals surface area contributed by atoms with Gasteiger partial charge in [-0.15, -0.1) is 0 Å². The van der Waals surface area contributed by atoms with Crippen LogP contribution in [0.2, 0.25) is 0 Å². The van der Waals surface area contributed by atoms with E-state index in [9.17, 15) is 9.59 Å². The van der Waals surface area contributed by atoms with Crippen molar-refractivity contribution in [3.63, 3.8) is 0 Å². The van der Waals surface area contributed by atoms with Crippen LogP contribution in [0.25, 0.3) is 5.57 Å². The zero-order chi connectivity index (χ0) is 24.4. The number of aryl methyl sites for hydroxylation is 2. The van der Waals surface area contributed by atoms with Gasteiger partial charge in [0.05, 0.1) is 32.6 Å². The van der Waals surface area contributed by atoms with Crippen molar-refractivity contribution in [1.82, 2.24) is 0 Å². The molecule has 7 nitrogen and oxygen atoms in total. The summed E-state index contributed by atoms with van der Waals surface area (Å²) in [5, 5.41) is 3.15. The second-order valence-corrected chi connectivity index (χ2v) is 7.88. The third kappa shape index (κ3) is 3.96. The van der Waals surface area contributed by atoms with Gasteiger partial charge in [-0.3, -0.25) is 9.59 Å². The van der Waals surface area contributed by atoms with E-state index in [2.05, 4.69) is 5.32 Å². The monoisotopic (exact) mass is 458 g/mol. The first-order valence-electron chi connectivity index (χ1n) is 10.7. The number of hydrogen-bond donors (Lipinski definition) is 1. The first-order chi connectivity index (χ1) is 16.4. The molecule has 1 aliphatic heterocycles. The number of imide groups is 1. The van der Waals surface area contributed by atoms with E-state index >= 15 is 0 Å². The normalized spacial score (nSPS) is 13.4. The first-order valence-corrected chi connectivity index (χ1v) is 10.7. The smallest absolute Gasteiger partial charge is 0.282 e. The van der Waals surface area contributed by atoms with E-state index in [1.807, 2.05) is 32.0 Å². The van der Waals surface area contributed by atoms with Crippen LogP contribution in [-0.2, 0) is 9.59 Å². The van der Waals surface area contributed by atoms with Gasteiger partial charge in [-0.1, -0.05) is 35.9 Å². The number of carbonyl (C=O) groups is 2. The van der Waals surface area contributed by atoms with E-state index in [1.165, 1.54) is 19.1 Å². The number of para-hydroxylation sites is 1. The number of amides is 2. The minimum atomic E-state index is -0.451. The Kier molecular flexibility index (Phi) is 6.27. The van der Waals surface area contributed by atoms with Gasteiger partial charge >= 0.3 is 0 Å². The Morgan fingerprint density at radius 1 is 0.735 bits per heavy atom. The van der Waals surface area contributed by atoms with Crippen molar-refractivity contribution in [2.75, 3.05) is 31.5 Å². The van der Waals surface area contributed by atoms with Crippen LogP contribution in [0.4, 0.5) is 11.4 Å². The minimum absolute atomic E-state index is 0.154. The highest BCUT2D eigenvalue weighted by molar-refractivity contribution is 6.46. The van der Waals surface area contributed by atoms with Crippen molar-refractivity contribution >= 4 is 28.8 Å². The number of benzene rings is 3. The maximum absolute atomic E-state index is 13.8. The van der Waals surface area contributed by atoms with Gasteiger partial charge in [0.1, 0.15) is 11.4 Å². The fourth-order valence-corrected chi connectivity index (χ4v) is 4.08. The maximum Gasteiger partial charge on any atom is 0.282 e. The van der Waals surface area contributed by atoms with Crippen molar-refractivity contribution in [1.29, 1.82) is 0 Å². The van der Waals surface area contributed by atoms with Crippen LogP contribution in [0, 0.1) is 13.8 Å². The molecular formula is C27H26N2O5. The van der Waals surface area contributed by atoms with Gasteiger partial charge < -0.3 is 19.5 Å². The molecule has 0 atom stereocenters. The summed E-state index contributed by atoms with van der Waals surface area (Å²) in [7, 11) is 4.62. The quantitative estimate of drug-likeness (QED) is 0.516. The molecule has 0 fully saturated rings. The van der Waals surface area contributed by atoms with Crippen molar-refractivity contribution in [3.8, 4) is 17.2 Å². The SMILES string of the molecule is COc1ccc(NC2=C(c3ccccc3OC)C(=O)N(c3ccc(C)cc3C)C2=O)cc1OC. The van der Waals surface area contributed by atoms with Crippen molar-refractivity contribution in [2.45, 2.75) is 13.8 Å². The van der Waals surface area contributed by atoms with E-state index < -0.39 is 11.8 Å². The molecule has 7 heteroatoms. The number of anilines is 2. The topological polar surface area (TPSA) is 77.1 Å². The lowest BCUT2D eigenvalue weighted by molar-refractivity contribution is -0.120. The molecule has 174 valence electrons. The van der Waals surface area contributed by atoms with Crippen molar-refractivity contribution in [3.05, 3.63) is 83.1 Å². The zero-order valence-corrected chi connectivity index (χ0v) is 19.8. The van der Waals surface area contributed by atoms with Crippen LogP contribution in [0.1, 0.15) is 16.7 Å². The standard InChI is InChI=1S/C27H26N2O5/c1-16-10-12-20(17(2)14-16)29-26(30)24(19-8-6-7-9-21(19)32-3)25(27(29)31)28-18-11-13-22(33-4)23(15-18)34-5/h6-15,28H,1-5H3. The number of methoxy groups -OCH3 is 3. The minimum Gasteiger partial charge on any atom is -0.496 e. The van der Waals surface area contributed by atoms with Crippen LogP contribution < -0.4 is 24.4 Å². The number of ether oxygens (including phenoxy) is 3. The number of nitrogens with one attached hydrogen (secondary N) is 1. The average Bonchev–Trinajstić information content (AvgIpc) is 3.08. The summed E-state index contributed by atoms with van der Waals surface area (Å²) < 4.78 is 16.2. The molecule has 3 aromatic carbocycles. The summed E-state index contributed by atoms with van der Waals surface area (Å²) in [6, 6.07) is 17.9. The van der Waals surface area contributed by atoms with E-state index in [0.29, 0.717) is 34.2 Å². The molecule has 0 aromatic heterocycles. The molecule has 2 amide bonds. The van der Waals surface area contributed by atoms with Crippen LogP contribution >= 0.6 is 0 Å². The van der Waals surface area contributed by atoms with Crippen LogP contribution in [-0.4, -0.2) is 33.1 Å². The molecule has 34 heavy (non-hydrogen) atoms. The predicted molar refractivity (Wildman–Crippen MR) is 131 cm³/mol. The molecule has 3 aromatic rings. The number of rotatable bonds is 7. The Morgan fingerprint density at radius 2 is 1.44 bits per heavy atom. The molecular weight excluding hydrogens is 432 g/mol. The van der Waals surface area contributed by atoms with E-state index in [4.69, 9.17) is 14.2 Å². The van der Waals surface area contributed by atoms with Crippen LogP contribution in [0.5, 0.6) is 17.2 Å². The molecule has 0 spiro atoms. The van der Waals surface area contributed by atoms with Gasteiger partial charge in [0.25, 0.3) is 11.8 Å². The Bertz CT molecular complexity index is 1310. The highest BCUT2D eigenvalue weighted by Gasteiger charge is 2.41. The third-order valence-corrected chi connectivity index (χ3v) is 5.71. The fourth-order valence-electron chi connectivity index (χ4n) is 4.08. The summed E-state index contributed by atoms with van der Waals surface area (Å²) in [6.07, 6.45) is 0. The summed E-state index contributed by atoms with van der Waals surface area (Å²) in [4.78, 5) is 28.7. The predicted octanol–water partition coefficient (Wildman–Crippen LogP) is 4.73. The third-order valence-electron chi connectivity index (χ3n) is 5.71. The molecule has 1 aliphatic rings. The molecule has 0 bridgehead atoms. The van der Waals surface area contributed by atoms with E-state index in [1.54, 1.807) is 49.6 Å². The van der Waals surface area contributed by atoms with Gasteiger partial charge in [0.15, 0.2) is 11.5 Å². The van der Waals surface area contributed by atoms with Crippen LogP contribution in [0.3, 0.4) is 0 Å². The zero-order valence-electron chi connectivity index (χ0n) is 19.8. The summed E-state index contributed by atoms with van der Waals surface area (Å²) in [6.45, 7) is 3.85. The summed E-state index contributed by atoms with van der Waals surface area (Å²) in [5.41, 5.74) is 3.90. The number of carbonyl (C=O) groups excluding carboxylic acids is 2. The Balaban J connectivity index is 1.87. The van der Waals surface area contributed by atoms with Gasteiger partial charge in [0, 0.05) is 17.3 Å². The Hall–Kier alpha value is -4.26. The molecule has 0 radical (unpaired) electrons. The molecule has 1 N–H and O–H groups in total. The van der Waals surface area contributed by atoms with Gasteiger partial charge in [-0.25, -0.2) is 4.90 Å². The molecule has 0 saturated carbocycles. The molecule has 0 saturated heterocycles. The maximum atomic E-state index is 13.8. The highest BCUT2D eigenvalue weighted by Crippen LogP contribution is 2.39. The number of nitrogens with zero attached hydrogens (tertiary/aromatic N) is 1. The van der Waals surface area contributed by atoms with Crippen LogP contribution in [0.15, 0.2) is 66.4 Å².